The lowest BCUT2D eigenvalue weighted by Crippen LogP contribution is -2.17. The first-order valence-corrected chi connectivity index (χ1v) is 4.58. The Morgan fingerprint density at radius 3 is 2.33 bits per heavy atom. The predicted molar refractivity (Wildman–Crippen MR) is 55.3 cm³/mol. The van der Waals surface area contributed by atoms with Crippen LogP contribution in [0, 0.1) is 0 Å². The molecule has 1 aromatic carbocycles. The second-order valence-corrected chi connectivity index (χ2v) is 3.27. The zero-order valence-electron chi connectivity index (χ0n) is 9.15. The second-order valence-electron chi connectivity index (χ2n) is 3.27. The highest BCUT2D eigenvalue weighted by Crippen LogP contribution is 2.30. The van der Waals surface area contributed by atoms with Gasteiger partial charge in [-0.25, -0.2) is 4.79 Å². The Balaban J connectivity index is 3.43. The van der Waals surface area contributed by atoms with Crippen LogP contribution in [-0.4, -0.2) is 24.1 Å². The molecule has 0 fully saturated rings. The number of esters is 1. The summed E-state index contributed by atoms with van der Waals surface area (Å²) in [6.07, 6.45) is -4.66. The van der Waals surface area contributed by atoms with Gasteiger partial charge in [-0.15, -0.1) is 0 Å². The van der Waals surface area contributed by atoms with Gasteiger partial charge in [-0.05, 0) is 18.2 Å². The maximum Gasteiger partial charge on any atom is 0.416 e. The molecule has 1 aromatic rings. The summed E-state index contributed by atoms with van der Waals surface area (Å²) in [6.45, 7) is 0. The minimum Gasteiger partial charge on any atom is -0.465 e. The Hall–Kier alpha value is -2.25. The summed E-state index contributed by atoms with van der Waals surface area (Å²) in [5.41, 5.74) is 3.54. The summed E-state index contributed by atoms with van der Waals surface area (Å²) in [7, 11) is 1.03. The molecule has 0 saturated carbocycles. The van der Waals surface area contributed by atoms with Crippen LogP contribution in [0.5, 0.6) is 0 Å². The van der Waals surface area contributed by atoms with Gasteiger partial charge in [0.05, 0.1) is 18.2 Å². The van der Waals surface area contributed by atoms with E-state index in [0.29, 0.717) is 12.1 Å². The highest BCUT2D eigenvalue weighted by Gasteiger charge is 2.32. The summed E-state index contributed by atoms with van der Waals surface area (Å²) >= 11 is 0. The molecule has 18 heavy (non-hydrogen) atoms. The van der Waals surface area contributed by atoms with Gasteiger partial charge < -0.3 is 15.7 Å². The van der Waals surface area contributed by atoms with E-state index >= 15 is 0 Å². The number of methoxy groups -OCH3 is 1. The molecule has 0 spiro atoms. The van der Waals surface area contributed by atoms with Crippen LogP contribution in [0.4, 0.5) is 13.2 Å². The smallest absolute Gasteiger partial charge is 0.416 e. The minimum atomic E-state index is -4.66. The summed E-state index contributed by atoms with van der Waals surface area (Å²) in [4.78, 5) is 11.2. The molecular formula is C10H9F3N2O3. The topological polar surface area (TPSA) is 84.9 Å². The SMILES string of the molecule is COC(=O)c1cc(C(N)=NO)cc(C(F)(F)F)c1. The molecule has 0 radical (unpaired) electrons. The molecule has 0 saturated heterocycles. The number of carbonyl (C=O) groups excluding carboxylic acids is 1. The van der Waals surface area contributed by atoms with E-state index in [1.165, 1.54) is 0 Å². The molecule has 0 unspecified atom stereocenters. The van der Waals surface area contributed by atoms with E-state index in [2.05, 4.69) is 9.89 Å². The number of ether oxygens (including phenoxy) is 1. The lowest BCUT2D eigenvalue weighted by atomic mass is 10.0. The fourth-order valence-electron chi connectivity index (χ4n) is 1.23. The van der Waals surface area contributed by atoms with Crippen LogP contribution >= 0.6 is 0 Å². The van der Waals surface area contributed by atoms with Gasteiger partial charge in [-0.1, -0.05) is 5.16 Å². The van der Waals surface area contributed by atoms with Crippen molar-refractivity contribution >= 4 is 11.8 Å². The first-order valence-electron chi connectivity index (χ1n) is 4.58. The Labute approximate surface area is 99.6 Å². The van der Waals surface area contributed by atoms with Crippen molar-refractivity contribution in [2.45, 2.75) is 6.18 Å². The van der Waals surface area contributed by atoms with E-state index in [1.807, 2.05) is 0 Å². The predicted octanol–water partition coefficient (Wildman–Crippen LogP) is 1.59. The van der Waals surface area contributed by atoms with E-state index in [4.69, 9.17) is 10.9 Å². The largest absolute Gasteiger partial charge is 0.465 e. The third kappa shape index (κ3) is 2.90. The van der Waals surface area contributed by atoms with E-state index in [9.17, 15) is 18.0 Å². The maximum atomic E-state index is 12.6. The monoisotopic (exact) mass is 262 g/mol. The zero-order chi connectivity index (χ0) is 13.9. The summed E-state index contributed by atoms with van der Waals surface area (Å²) in [6, 6.07) is 2.33. The summed E-state index contributed by atoms with van der Waals surface area (Å²) < 4.78 is 42.1. The van der Waals surface area contributed by atoms with E-state index in [0.717, 1.165) is 13.2 Å². The van der Waals surface area contributed by atoms with Crippen LogP contribution in [-0.2, 0) is 10.9 Å². The number of amidine groups is 1. The molecule has 1 rings (SSSR count). The van der Waals surface area contributed by atoms with Gasteiger partial charge in [-0.3, -0.25) is 0 Å². The third-order valence-electron chi connectivity index (χ3n) is 2.08. The Morgan fingerprint density at radius 1 is 1.33 bits per heavy atom. The fourth-order valence-corrected chi connectivity index (χ4v) is 1.23. The van der Waals surface area contributed by atoms with Crippen LogP contribution in [0.2, 0.25) is 0 Å². The van der Waals surface area contributed by atoms with Crippen molar-refractivity contribution in [2.24, 2.45) is 10.9 Å². The van der Waals surface area contributed by atoms with Gasteiger partial charge in [0, 0.05) is 5.56 Å². The number of hydrogen-bond acceptors (Lipinski definition) is 4. The van der Waals surface area contributed by atoms with Crippen molar-refractivity contribution in [3.8, 4) is 0 Å². The van der Waals surface area contributed by atoms with Crippen LogP contribution < -0.4 is 5.73 Å². The van der Waals surface area contributed by atoms with Crippen LogP contribution in [0.15, 0.2) is 23.4 Å². The van der Waals surface area contributed by atoms with Crippen molar-refractivity contribution < 1.29 is 27.9 Å². The molecule has 0 heterocycles. The van der Waals surface area contributed by atoms with Crippen molar-refractivity contribution in [2.75, 3.05) is 7.11 Å². The first kappa shape index (κ1) is 13.8. The lowest BCUT2D eigenvalue weighted by molar-refractivity contribution is -0.137. The molecule has 0 aliphatic carbocycles. The first-order chi connectivity index (χ1) is 8.29. The standard InChI is InChI=1S/C10H9F3N2O3/c1-18-9(16)6-2-5(8(14)15-17)3-7(4-6)10(11,12)13/h2-4,17H,1H3,(H2,14,15). The molecule has 0 aliphatic rings. The van der Waals surface area contributed by atoms with Crippen LogP contribution in [0.25, 0.3) is 0 Å². The summed E-state index contributed by atoms with van der Waals surface area (Å²) in [5.74, 6) is -1.49. The number of carbonyl (C=O) groups is 1. The van der Waals surface area contributed by atoms with Gasteiger partial charge in [0.1, 0.15) is 0 Å². The highest BCUT2D eigenvalue weighted by molar-refractivity contribution is 6.00. The van der Waals surface area contributed by atoms with E-state index in [1.54, 1.807) is 0 Å². The number of rotatable bonds is 2. The minimum absolute atomic E-state index is 0.229. The quantitative estimate of drug-likeness (QED) is 0.278. The molecule has 0 bridgehead atoms. The highest BCUT2D eigenvalue weighted by atomic mass is 19.4. The maximum absolute atomic E-state index is 12.6. The van der Waals surface area contributed by atoms with E-state index in [-0.39, 0.29) is 11.1 Å². The molecule has 0 atom stereocenters. The zero-order valence-corrected chi connectivity index (χ0v) is 9.15. The molecule has 5 nitrogen and oxygen atoms in total. The number of halogens is 3. The van der Waals surface area contributed by atoms with Gasteiger partial charge in [0.15, 0.2) is 5.84 Å². The molecule has 8 heteroatoms. The fraction of sp³-hybridized carbons (Fsp3) is 0.200. The average molecular weight is 262 g/mol. The molecular weight excluding hydrogens is 253 g/mol. The molecule has 98 valence electrons. The van der Waals surface area contributed by atoms with Gasteiger partial charge >= 0.3 is 12.1 Å². The Morgan fingerprint density at radius 2 is 1.89 bits per heavy atom. The number of alkyl halides is 3. The van der Waals surface area contributed by atoms with Crippen molar-refractivity contribution in [1.29, 1.82) is 0 Å². The number of benzene rings is 1. The van der Waals surface area contributed by atoms with Gasteiger partial charge in [0.25, 0.3) is 0 Å². The average Bonchev–Trinajstić information content (AvgIpc) is 2.35. The number of oxime groups is 1. The molecule has 0 aliphatic heterocycles. The normalized spacial score (nSPS) is 12.3. The van der Waals surface area contributed by atoms with Crippen LogP contribution in [0.1, 0.15) is 21.5 Å². The van der Waals surface area contributed by atoms with E-state index < -0.39 is 23.5 Å². The lowest BCUT2D eigenvalue weighted by Gasteiger charge is -2.10. The third-order valence-corrected chi connectivity index (χ3v) is 2.08. The number of hydrogen-bond donors (Lipinski definition) is 2. The Kier molecular flexibility index (Phi) is 3.79. The second kappa shape index (κ2) is 4.94. The number of nitrogens with zero attached hydrogens (tertiary/aromatic N) is 1. The van der Waals surface area contributed by atoms with Crippen LogP contribution in [0.3, 0.4) is 0 Å². The van der Waals surface area contributed by atoms with Crippen molar-refractivity contribution in [1.82, 2.24) is 0 Å². The number of nitrogens with two attached hydrogens (primary N) is 1. The van der Waals surface area contributed by atoms with Gasteiger partial charge in [-0.2, -0.15) is 13.2 Å². The molecule has 3 N–H and O–H groups in total. The van der Waals surface area contributed by atoms with Gasteiger partial charge in [0.2, 0.25) is 0 Å². The van der Waals surface area contributed by atoms with Crippen molar-refractivity contribution in [3.63, 3.8) is 0 Å². The Bertz CT molecular complexity index is 498. The molecule has 0 aromatic heterocycles. The molecule has 0 amide bonds. The summed E-state index contributed by atoms with van der Waals surface area (Å²) in [5, 5.41) is 11.0. The van der Waals surface area contributed by atoms with Crippen molar-refractivity contribution in [3.05, 3.63) is 34.9 Å².